The normalized spacial score (nSPS) is 11.7. The minimum atomic E-state index is 0.419. The highest BCUT2D eigenvalue weighted by molar-refractivity contribution is 5.82. The van der Waals surface area contributed by atoms with Gasteiger partial charge in [0.05, 0.1) is 16.7 Å². The highest BCUT2D eigenvalue weighted by atomic mass is 15.1. The van der Waals surface area contributed by atoms with Crippen molar-refractivity contribution in [3.8, 4) is 22.8 Å². The van der Waals surface area contributed by atoms with E-state index in [1.165, 1.54) is 16.8 Å². The molecule has 2 aromatic heterocycles. The molecule has 0 amide bonds. The van der Waals surface area contributed by atoms with Crippen LogP contribution in [0.5, 0.6) is 0 Å². The first-order valence-electron chi connectivity index (χ1n) is 11.2. The maximum absolute atomic E-state index is 4.76. The van der Waals surface area contributed by atoms with Crippen molar-refractivity contribution in [2.24, 2.45) is 0 Å². The van der Waals surface area contributed by atoms with Gasteiger partial charge in [0.1, 0.15) is 12.2 Å². The monoisotopic (exact) mass is 420 g/mol. The first-order valence-corrected chi connectivity index (χ1v) is 11.2. The van der Waals surface area contributed by atoms with Crippen LogP contribution in [0.2, 0.25) is 0 Å². The Labute approximate surface area is 189 Å². The number of nitrogens with zero attached hydrogens (tertiary/aromatic N) is 4. The maximum atomic E-state index is 4.76. The van der Waals surface area contributed by atoms with Crippen LogP contribution < -0.4 is 0 Å². The summed E-state index contributed by atoms with van der Waals surface area (Å²) >= 11 is 0. The van der Waals surface area contributed by atoms with Gasteiger partial charge in [-0.2, -0.15) is 0 Å². The molecule has 4 nitrogen and oxygen atoms in total. The Hall–Kier alpha value is -3.66. The molecule has 0 aliphatic rings. The Morgan fingerprint density at radius 3 is 2.12 bits per heavy atom. The molecule has 3 aromatic carbocycles. The number of imidazole rings is 2. The van der Waals surface area contributed by atoms with Crippen LogP contribution >= 0.6 is 0 Å². The van der Waals surface area contributed by atoms with E-state index in [0.29, 0.717) is 11.8 Å². The third-order valence-electron chi connectivity index (χ3n) is 6.06. The van der Waals surface area contributed by atoms with Gasteiger partial charge < -0.3 is 0 Å². The van der Waals surface area contributed by atoms with E-state index in [2.05, 4.69) is 96.5 Å². The molecule has 32 heavy (non-hydrogen) atoms. The van der Waals surface area contributed by atoms with E-state index in [-0.39, 0.29) is 0 Å². The summed E-state index contributed by atoms with van der Waals surface area (Å²) in [5.41, 5.74) is 8.14. The van der Waals surface area contributed by atoms with Gasteiger partial charge in [-0.05, 0) is 53.3 Å². The molecule has 0 bridgehead atoms. The summed E-state index contributed by atoms with van der Waals surface area (Å²) in [6.07, 6.45) is 5.86. The number of hydrogen-bond donors (Lipinski definition) is 0. The van der Waals surface area contributed by atoms with Crippen LogP contribution in [0.15, 0.2) is 85.5 Å². The summed E-state index contributed by atoms with van der Waals surface area (Å²) in [6, 6.07) is 23.4. The molecule has 0 aliphatic carbocycles. The molecule has 0 N–H and O–H groups in total. The second-order valence-corrected chi connectivity index (χ2v) is 8.87. The first-order chi connectivity index (χ1) is 15.5. The molecule has 0 aliphatic heterocycles. The van der Waals surface area contributed by atoms with Gasteiger partial charge in [0.15, 0.2) is 0 Å². The molecule has 0 radical (unpaired) electrons. The second kappa shape index (κ2) is 8.12. The molecule has 0 spiro atoms. The van der Waals surface area contributed by atoms with Gasteiger partial charge in [0.2, 0.25) is 0 Å². The molecule has 160 valence electrons. The summed E-state index contributed by atoms with van der Waals surface area (Å²) in [4.78, 5) is 9.45. The van der Waals surface area contributed by atoms with Crippen LogP contribution in [-0.2, 0) is 0 Å². The van der Waals surface area contributed by atoms with E-state index in [1.54, 1.807) is 0 Å². The maximum Gasteiger partial charge on any atom is 0.144 e. The standard InChI is InChI=1S/C28H28N4/c1-19(2)23-11-8-12-24(20(3)4)27(23)31-16-15-29-28(31)21-13-14-26-25(17-21)30-18-32(26)22-9-6-5-7-10-22/h5-20H,1-4H3. The predicted molar refractivity (Wildman–Crippen MR) is 132 cm³/mol. The zero-order valence-corrected chi connectivity index (χ0v) is 19.0. The second-order valence-electron chi connectivity index (χ2n) is 8.87. The van der Waals surface area contributed by atoms with E-state index in [4.69, 9.17) is 4.98 Å². The quantitative estimate of drug-likeness (QED) is 0.303. The minimum Gasteiger partial charge on any atom is -0.299 e. The molecule has 0 atom stereocenters. The van der Waals surface area contributed by atoms with Crippen molar-refractivity contribution in [2.45, 2.75) is 39.5 Å². The topological polar surface area (TPSA) is 35.6 Å². The van der Waals surface area contributed by atoms with Crippen molar-refractivity contribution < 1.29 is 0 Å². The van der Waals surface area contributed by atoms with Crippen LogP contribution in [-0.4, -0.2) is 19.1 Å². The lowest BCUT2D eigenvalue weighted by atomic mass is 9.92. The Kier molecular flexibility index (Phi) is 5.14. The van der Waals surface area contributed by atoms with Crippen LogP contribution in [0.25, 0.3) is 33.8 Å². The zero-order chi connectivity index (χ0) is 22.2. The molecule has 2 heterocycles. The molecule has 4 heteroatoms. The van der Waals surface area contributed by atoms with Crippen molar-refractivity contribution in [1.29, 1.82) is 0 Å². The lowest BCUT2D eigenvalue weighted by Crippen LogP contribution is -2.07. The molecular weight excluding hydrogens is 392 g/mol. The van der Waals surface area contributed by atoms with Gasteiger partial charge in [0.25, 0.3) is 0 Å². The summed E-state index contributed by atoms with van der Waals surface area (Å²) in [6.45, 7) is 9.01. The zero-order valence-electron chi connectivity index (χ0n) is 19.0. The summed E-state index contributed by atoms with van der Waals surface area (Å²) in [5.74, 6) is 1.78. The van der Waals surface area contributed by atoms with Crippen molar-refractivity contribution >= 4 is 11.0 Å². The van der Waals surface area contributed by atoms with E-state index in [9.17, 15) is 0 Å². The lowest BCUT2D eigenvalue weighted by Gasteiger charge is -2.21. The van der Waals surface area contributed by atoms with E-state index < -0.39 is 0 Å². The van der Waals surface area contributed by atoms with E-state index in [0.717, 1.165) is 28.1 Å². The molecule has 5 aromatic rings. The molecule has 0 unspecified atom stereocenters. The van der Waals surface area contributed by atoms with Gasteiger partial charge in [-0.3, -0.25) is 9.13 Å². The third kappa shape index (κ3) is 3.42. The average molecular weight is 421 g/mol. The van der Waals surface area contributed by atoms with Gasteiger partial charge >= 0.3 is 0 Å². The first kappa shape index (κ1) is 20.3. The molecule has 0 saturated heterocycles. The molecule has 0 fully saturated rings. The highest BCUT2D eigenvalue weighted by Crippen LogP contribution is 2.34. The van der Waals surface area contributed by atoms with Crippen molar-refractivity contribution in [2.75, 3.05) is 0 Å². The number of rotatable bonds is 5. The van der Waals surface area contributed by atoms with Gasteiger partial charge in [-0.25, -0.2) is 9.97 Å². The van der Waals surface area contributed by atoms with Crippen LogP contribution in [0, 0.1) is 0 Å². The van der Waals surface area contributed by atoms with Crippen LogP contribution in [0.3, 0.4) is 0 Å². The third-order valence-corrected chi connectivity index (χ3v) is 6.06. The number of aromatic nitrogens is 4. The van der Waals surface area contributed by atoms with Crippen molar-refractivity contribution in [1.82, 2.24) is 19.1 Å². The SMILES string of the molecule is CC(C)c1cccc(C(C)C)c1-n1ccnc1-c1ccc2c(c1)ncn2-c1ccccc1. The smallest absolute Gasteiger partial charge is 0.144 e. The fourth-order valence-corrected chi connectivity index (χ4v) is 4.43. The summed E-state index contributed by atoms with van der Waals surface area (Å²) in [5, 5.41) is 0. The molecular formula is C28H28N4. The Balaban J connectivity index is 1.65. The number of benzene rings is 3. The summed E-state index contributed by atoms with van der Waals surface area (Å²) in [7, 11) is 0. The van der Waals surface area contributed by atoms with E-state index >= 15 is 0 Å². The van der Waals surface area contributed by atoms with E-state index in [1.807, 2.05) is 30.7 Å². The number of fused-ring (bicyclic) bond motifs is 1. The van der Waals surface area contributed by atoms with Crippen molar-refractivity contribution in [3.05, 3.63) is 96.6 Å². The van der Waals surface area contributed by atoms with Crippen molar-refractivity contribution in [3.63, 3.8) is 0 Å². The number of para-hydroxylation sites is 2. The molecule has 0 saturated carbocycles. The molecule has 5 rings (SSSR count). The highest BCUT2D eigenvalue weighted by Gasteiger charge is 2.19. The number of hydrogen-bond acceptors (Lipinski definition) is 2. The average Bonchev–Trinajstić information content (AvgIpc) is 3.45. The largest absolute Gasteiger partial charge is 0.299 e. The fraction of sp³-hybridized carbons (Fsp3) is 0.214. The minimum absolute atomic E-state index is 0.419. The summed E-state index contributed by atoms with van der Waals surface area (Å²) < 4.78 is 4.37. The Bertz CT molecular complexity index is 1350. The fourth-order valence-electron chi connectivity index (χ4n) is 4.43. The lowest BCUT2D eigenvalue weighted by molar-refractivity contribution is 0.807. The Morgan fingerprint density at radius 1 is 0.719 bits per heavy atom. The van der Waals surface area contributed by atoms with Crippen LogP contribution in [0.4, 0.5) is 0 Å². The Morgan fingerprint density at radius 2 is 1.44 bits per heavy atom. The van der Waals surface area contributed by atoms with Crippen LogP contribution in [0.1, 0.15) is 50.7 Å². The predicted octanol–water partition coefficient (Wildman–Crippen LogP) is 7.13. The van der Waals surface area contributed by atoms with Gasteiger partial charge in [-0.1, -0.05) is 64.1 Å². The van der Waals surface area contributed by atoms with Gasteiger partial charge in [-0.15, -0.1) is 0 Å². The van der Waals surface area contributed by atoms with Gasteiger partial charge in [0, 0.05) is 23.6 Å².